The number of nitriles is 1. The largest absolute Gasteiger partial charge is 0.236 e. The van der Waals surface area contributed by atoms with Gasteiger partial charge in [-0.2, -0.15) is 5.26 Å². The van der Waals surface area contributed by atoms with Crippen LogP contribution in [0.15, 0.2) is 24.5 Å². The summed E-state index contributed by atoms with van der Waals surface area (Å²) in [7, 11) is 0. The molecule has 0 aliphatic rings. The molecule has 0 bridgehead atoms. The van der Waals surface area contributed by atoms with E-state index in [1.807, 2.05) is 0 Å². The quantitative estimate of drug-likeness (QED) is 0.558. The zero-order valence-corrected chi connectivity index (χ0v) is 14.6. The molecule has 1 heterocycles. The second-order valence-electron chi connectivity index (χ2n) is 6.21. The van der Waals surface area contributed by atoms with Crippen LogP contribution in [0.25, 0.3) is 11.4 Å². The third-order valence-corrected chi connectivity index (χ3v) is 4.19. The standard InChI is InChI=1S/C20H23F2N3/c1-2-3-4-5-6-7-8-9-15-13-24-20(25-14-15)16-10-18(21)17(12-23)19(22)11-16/h10-11,13-14H,2-9H2,1H3. The summed E-state index contributed by atoms with van der Waals surface area (Å²) in [6.45, 7) is 2.21. The lowest BCUT2D eigenvalue weighted by Gasteiger charge is -2.05. The highest BCUT2D eigenvalue weighted by atomic mass is 19.1. The summed E-state index contributed by atoms with van der Waals surface area (Å²) in [6, 6.07) is 3.69. The Morgan fingerprint density at radius 2 is 1.48 bits per heavy atom. The van der Waals surface area contributed by atoms with Crippen LogP contribution in [0.1, 0.15) is 63.0 Å². The minimum absolute atomic E-state index is 0.233. The van der Waals surface area contributed by atoms with E-state index in [0.717, 1.165) is 30.5 Å². The molecule has 0 atom stereocenters. The van der Waals surface area contributed by atoms with Gasteiger partial charge in [0, 0.05) is 18.0 Å². The van der Waals surface area contributed by atoms with Gasteiger partial charge in [0.15, 0.2) is 5.82 Å². The van der Waals surface area contributed by atoms with Gasteiger partial charge in [0.2, 0.25) is 0 Å². The van der Waals surface area contributed by atoms with E-state index in [-0.39, 0.29) is 11.4 Å². The fourth-order valence-corrected chi connectivity index (χ4v) is 2.73. The molecule has 0 amide bonds. The third-order valence-electron chi connectivity index (χ3n) is 4.19. The minimum atomic E-state index is -0.895. The van der Waals surface area contributed by atoms with Gasteiger partial charge in [-0.05, 0) is 30.5 Å². The number of halogens is 2. The van der Waals surface area contributed by atoms with Gasteiger partial charge in [0.25, 0.3) is 0 Å². The molecule has 5 heteroatoms. The van der Waals surface area contributed by atoms with Crippen molar-refractivity contribution >= 4 is 0 Å². The van der Waals surface area contributed by atoms with Crippen molar-refractivity contribution in [1.82, 2.24) is 9.97 Å². The molecule has 25 heavy (non-hydrogen) atoms. The molecule has 1 aromatic carbocycles. The van der Waals surface area contributed by atoms with Crippen molar-refractivity contribution in [3.05, 3.63) is 47.3 Å². The lowest BCUT2D eigenvalue weighted by Crippen LogP contribution is -1.96. The molecule has 2 aromatic rings. The fraction of sp³-hybridized carbons (Fsp3) is 0.450. The predicted octanol–water partition coefficient (Wildman–Crippen LogP) is 5.59. The fourth-order valence-electron chi connectivity index (χ4n) is 2.73. The van der Waals surface area contributed by atoms with Crippen molar-refractivity contribution in [1.29, 1.82) is 5.26 Å². The molecule has 0 saturated carbocycles. The Morgan fingerprint density at radius 1 is 0.920 bits per heavy atom. The van der Waals surface area contributed by atoms with E-state index in [4.69, 9.17) is 5.26 Å². The SMILES string of the molecule is CCCCCCCCCc1cnc(-c2cc(F)c(C#N)c(F)c2)nc1. The molecule has 132 valence electrons. The lowest BCUT2D eigenvalue weighted by atomic mass is 10.1. The van der Waals surface area contributed by atoms with Gasteiger partial charge in [-0.15, -0.1) is 0 Å². The number of unbranched alkanes of at least 4 members (excludes halogenated alkanes) is 6. The minimum Gasteiger partial charge on any atom is -0.236 e. The number of hydrogen-bond donors (Lipinski definition) is 0. The number of hydrogen-bond acceptors (Lipinski definition) is 3. The topological polar surface area (TPSA) is 49.6 Å². The van der Waals surface area contributed by atoms with Crippen molar-refractivity contribution in [2.75, 3.05) is 0 Å². The van der Waals surface area contributed by atoms with Gasteiger partial charge >= 0.3 is 0 Å². The van der Waals surface area contributed by atoms with Crippen molar-refractivity contribution in [3.63, 3.8) is 0 Å². The Hall–Kier alpha value is -2.35. The maximum absolute atomic E-state index is 13.7. The van der Waals surface area contributed by atoms with Gasteiger partial charge in [-0.1, -0.05) is 45.4 Å². The first-order chi connectivity index (χ1) is 12.2. The first-order valence-corrected chi connectivity index (χ1v) is 8.86. The van der Waals surface area contributed by atoms with Crippen molar-refractivity contribution < 1.29 is 8.78 Å². The van der Waals surface area contributed by atoms with E-state index in [0.29, 0.717) is 0 Å². The van der Waals surface area contributed by atoms with E-state index in [9.17, 15) is 8.78 Å². The van der Waals surface area contributed by atoms with Crippen LogP contribution in [-0.4, -0.2) is 9.97 Å². The van der Waals surface area contributed by atoms with Crippen molar-refractivity contribution in [3.8, 4) is 17.5 Å². The number of aromatic nitrogens is 2. The predicted molar refractivity (Wildman–Crippen MR) is 93.8 cm³/mol. The summed E-state index contributed by atoms with van der Waals surface area (Å²) >= 11 is 0. The second kappa shape index (κ2) is 9.83. The van der Waals surface area contributed by atoms with Crippen molar-refractivity contribution in [2.24, 2.45) is 0 Å². The molecule has 0 aliphatic heterocycles. The van der Waals surface area contributed by atoms with E-state index >= 15 is 0 Å². The Bertz CT molecular complexity index is 698. The summed E-state index contributed by atoms with van der Waals surface area (Å²) < 4.78 is 27.3. The van der Waals surface area contributed by atoms with E-state index in [2.05, 4.69) is 16.9 Å². The van der Waals surface area contributed by atoms with Crippen LogP contribution >= 0.6 is 0 Å². The molecule has 2 rings (SSSR count). The van der Waals surface area contributed by atoms with Crippen LogP contribution in [0, 0.1) is 23.0 Å². The highest BCUT2D eigenvalue weighted by molar-refractivity contribution is 5.57. The maximum Gasteiger partial charge on any atom is 0.159 e. The zero-order valence-electron chi connectivity index (χ0n) is 14.6. The van der Waals surface area contributed by atoms with Gasteiger partial charge < -0.3 is 0 Å². The average Bonchev–Trinajstić information content (AvgIpc) is 2.61. The van der Waals surface area contributed by atoms with Crippen LogP contribution in [0.3, 0.4) is 0 Å². The first kappa shape index (κ1) is 19.0. The summed E-state index contributed by atoms with van der Waals surface area (Å²) in [5.74, 6) is -1.54. The Morgan fingerprint density at radius 3 is 2.04 bits per heavy atom. The molecule has 0 aliphatic carbocycles. The molecule has 0 N–H and O–H groups in total. The van der Waals surface area contributed by atoms with Crippen LogP contribution < -0.4 is 0 Å². The smallest absolute Gasteiger partial charge is 0.159 e. The highest BCUT2D eigenvalue weighted by Gasteiger charge is 2.13. The van der Waals surface area contributed by atoms with Crippen LogP contribution in [0.5, 0.6) is 0 Å². The molecule has 0 fully saturated rings. The van der Waals surface area contributed by atoms with Crippen LogP contribution in [-0.2, 0) is 6.42 Å². The summed E-state index contributed by atoms with van der Waals surface area (Å²) in [5, 5.41) is 8.70. The van der Waals surface area contributed by atoms with Crippen LogP contribution in [0.2, 0.25) is 0 Å². The molecule has 0 saturated heterocycles. The molecule has 0 radical (unpaired) electrons. The van der Waals surface area contributed by atoms with Gasteiger partial charge in [-0.3, -0.25) is 0 Å². The van der Waals surface area contributed by atoms with E-state index in [1.165, 1.54) is 44.6 Å². The van der Waals surface area contributed by atoms with Crippen molar-refractivity contribution in [2.45, 2.75) is 58.3 Å². The summed E-state index contributed by atoms with van der Waals surface area (Å²) in [4.78, 5) is 8.40. The molecule has 1 aromatic heterocycles. The number of aryl methyl sites for hydroxylation is 1. The van der Waals surface area contributed by atoms with E-state index in [1.54, 1.807) is 12.4 Å². The lowest BCUT2D eigenvalue weighted by molar-refractivity contribution is 0.577. The van der Waals surface area contributed by atoms with Gasteiger partial charge in [0.05, 0.1) is 0 Å². The third kappa shape index (κ3) is 5.60. The normalized spacial score (nSPS) is 10.6. The average molecular weight is 343 g/mol. The Labute approximate surface area is 147 Å². The summed E-state index contributed by atoms with van der Waals surface area (Å²) in [5.41, 5.74) is 0.669. The molecular weight excluding hydrogens is 320 g/mol. The monoisotopic (exact) mass is 343 g/mol. The maximum atomic E-state index is 13.7. The number of benzene rings is 1. The number of nitrogens with zero attached hydrogens (tertiary/aromatic N) is 3. The second-order valence-corrected chi connectivity index (χ2v) is 6.21. The van der Waals surface area contributed by atoms with Gasteiger partial charge in [-0.25, -0.2) is 18.7 Å². The van der Waals surface area contributed by atoms with Crippen LogP contribution in [0.4, 0.5) is 8.78 Å². The molecule has 3 nitrogen and oxygen atoms in total. The Balaban J connectivity index is 1.89. The molecular formula is C20H23F2N3. The zero-order chi connectivity index (χ0) is 18.1. The molecule has 0 unspecified atom stereocenters. The van der Waals surface area contributed by atoms with E-state index < -0.39 is 17.2 Å². The Kier molecular flexibility index (Phi) is 7.46. The first-order valence-electron chi connectivity index (χ1n) is 8.86. The van der Waals surface area contributed by atoms with Gasteiger partial charge in [0.1, 0.15) is 23.3 Å². The number of rotatable bonds is 9. The molecule has 0 spiro atoms. The highest BCUT2D eigenvalue weighted by Crippen LogP contribution is 2.21. The summed E-state index contributed by atoms with van der Waals surface area (Å²) in [6.07, 6.45) is 13.0.